The van der Waals surface area contributed by atoms with Gasteiger partial charge >= 0.3 is 5.97 Å². The van der Waals surface area contributed by atoms with Crippen LogP contribution in [0.25, 0.3) is 0 Å². The Morgan fingerprint density at radius 3 is 2.73 bits per heavy atom. The van der Waals surface area contributed by atoms with E-state index in [1.807, 2.05) is 6.92 Å². The number of esters is 1. The first-order chi connectivity index (χ1) is 7.20. The van der Waals surface area contributed by atoms with Crippen molar-refractivity contribution in [2.45, 2.75) is 13.3 Å². The summed E-state index contributed by atoms with van der Waals surface area (Å²) in [6.45, 7) is 6.67. The van der Waals surface area contributed by atoms with Crippen LogP contribution in [0.2, 0.25) is 0 Å². The van der Waals surface area contributed by atoms with Crippen LogP contribution in [-0.4, -0.2) is 38.2 Å². The number of hydrogen-bond acceptors (Lipinski definition) is 4. The standard InChI is InChI=1S/C10H17NO4/c1-3-9(12)11-6-5-10(13)15-8-7-14-4-2/h3H,1,4-8H2,2H3,(H,11,12). The molecule has 0 aliphatic rings. The molecular weight excluding hydrogens is 198 g/mol. The van der Waals surface area contributed by atoms with E-state index in [4.69, 9.17) is 9.47 Å². The van der Waals surface area contributed by atoms with Crippen molar-refractivity contribution in [1.82, 2.24) is 5.32 Å². The summed E-state index contributed by atoms with van der Waals surface area (Å²) in [5.74, 6) is -0.642. The van der Waals surface area contributed by atoms with E-state index in [0.717, 1.165) is 6.08 Å². The van der Waals surface area contributed by atoms with Crippen molar-refractivity contribution in [3.63, 3.8) is 0 Å². The number of hydrogen-bond donors (Lipinski definition) is 1. The Kier molecular flexibility index (Phi) is 8.37. The lowest BCUT2D eigenvalue weighted by molar-refractivity contribution is -0.145. The fourth-order valence-electron chi connectivity index (χ4n) is 0.791. The van der Waals surface area contributed by atoms with Crippen molar-refractivity contribution in [3.05, 3.63) is 12.7 Å². The Morgan fingerprint density at radius 1 is 1.40 bits per heavy atom. The molecule has 0 fully saturated rings. The van der Waals surface area contributed by atoms with Crippen molar-refractivity contribution in [3.8, 4) is 0 Å². The van der Waals surface area contributed by atoms with Gasteiger partial charge in [0, 0.05) is 13.2 Å². The molecule has 0 atom stereocenters. The first-order valence-electron chi connectivity index (χ1n) is 4.84. The van der Waals surface area contributed by atoms with E-state index in [2.05, 4.69) is 11.9 Å². The normalized spacial score (nSPS) is 9.40. The van der Waals surface area contributed by atoms with Crippen molar-refractivity contribution in [2.24, 2.45) is 0 Å². The average Bonchev–Trinajstić information content (AvgIpc) is 2.24. The quantitative estimate of drug-likeness (QED) is 0.358. The summed E-state index contributed by atoms with van der Waals surface area (Å²) < 4.78 is 9.80. The van der Waals surface area contributed by atoms with Crippen molar-refractivity contribution >= 4 is 11.9 Å². The topological polar surface area (TPSA) is 64.6 Å². The predicted octanol–water partition coefficient (Wildman–Crippen LogP) is 0.258. The van der Waals surface area contributed by atoms with Gasteiger partial charge in [-0.1, -0.05) is 6.58 Å². The molecule has 5 heteroatoms. The predicted molar refractivity (Wildman–Crippen MR) is 55.3 cm³/mol. The Balaban J connectivity index is 3.33. The summed E-state index contributed by atoms with van der Waals surface area (Å²) in [6, 6.07) is 0. The third-order valence-corrected chi connectivity index (χ3v) is 1.51. The average molecular weight is 215 g/mol. The van der Waals surface area contributed by atoms with Gasteiger partial charge in [0.05, 0.1) is 13.0 Å². The highest BCUT2D eigenvalue weighted by atomic mass is 16.6. The van der Waals surface area contributed by atoms with E-state index >= 15 is 0 Å². The van der Waals surface area contributed by atoms with Gasteiger partial charge in [0.15, 0.2) is 0 Å². The lowest BCUT2D eigenvalue weighted by Gasteiger charge is -2.04. The molecule has 0 radical (unpaired) electrons. The summed E-state index contributed by atoms with van der Waals surface area (Å²) in [5.41, 5.74) is 0. The maximum absolute atomic E-state index is 11.0. The van der Waals surface area contributed by atoms with Gasteiger partial charge in [0.2, 0.25) is 5.91 Å². The summed E-state index contributed by atoms with van der Waals surface area (Å²) in [4.78, 5) is 21.7. The van der Waals surface area contributed by atoms with Gasteiger partial charge in [-0.15, -0.1) is 0 Å². The minimum atomic E-state index is -0.348. The highest BCUT2D eigenvalue weighted by molar-refractivity contribution is 5.87. The van der Waals surface area contributed by atoms with E-state index in [0.29, 0.717) is 13.2 Å². The van der Waals surface area contributed by atoms with Crippen LogP contribution < -0.4 is 5.32 Å². The first-order valence-corrected chi connectivity index (χ1v) is 4.84. The Morgan fingerprint density at radius 2 is 2.13 bits per heavy atom. The van der Waals surface area contributed by atoms with Gasteiger partial charge in [-0.05, 0) is 13.0 Å². The number of ether oxygens (including phenoxy) is 2. The summed E-state index contributed by atoms with van der Waals surface area (Å²) in [6.07, 6.45) is 1.31. The molecule has 1 amide bonds. The number of amides is 1. The van der Waals surface area contributed by atoms with Gasteiger partial charge in [-0.2, -0.15) is 0 Å². The second kappa shape index (κ2) is 9.21. The van der Waals surface area contributed by atoms with Crippen LogP contribution >= 0.6 is 0 Å². The third-order valence-electron chi connectivity index (χ3n) is 1.51. The molecule has 0 aromatic heterocycles. The van der Waals surface area contributed by atoms with Gasteiger partial charge < -0.3 is 14.8 Å². The van der Waals surface area contributed by atoms with Crippen LogP contribution in [0.4, 0.5) is 0 Å². The number of carbonyl (C=O) groups is 2. The fourth-order valence-corrected chi connectivity index (χ4v) is 0.791. The Bertz CT molecular complexity index is 215. The largest absolute Gasteiger partial charge is 0.463 e. The maximum Gasteiger partial charge on any atom is 0.307 e. The van der Waals surface area contributed by atoms with Crippen LogP contribution in [0.5, 0.6) is 0 Å². The molecule has 0 rings (SSSR count). The highest BCUT2D eigenvalue weighted by Gasteiger charge is 2.02. The zero-order valence-electron chi connectivity index (χ0n) is 8.95. The zero-order chi connectivity index (χ0) is 11.5. The smallest absolute Gasteiger partial charge is 0.307 e. The molecule has 86 valence electrons. The molecule has 0 aliphatic heterocycles. The van der Waals surface area contributed by atoms with Gasteiger partial charge in [0.1, 0.15) is 6.61 Å². The molecule has 1 N–H and O–H groups in total. The summed E-state index contributed by atoms with van der Waals surface area (Å²) >= 11 is 0. The van der Waals surface area contributed by atoms with E-state index in [1.54, 1.807) is 0 Å². The molecule has 0 saturated heterocycles. The second-order valence-electron chi connectivity index (χ2n) is 2.66. The summed E-state index contributed by atoms with van der Waals surface area (Å²) in [5, 5.41) is 2.48. The molecule has 0 unspecified atom stereocenters. The Labute approximate surface area is 89.4 Å². The number of carbonyl (C=O) groups excluding carboxylic acids is 2. The SMILES string of the molecule is C=CC(=O)NCCC(=O)OCCOCC. The number of rotatable bonds is 8. The first kappa shape index (κ1) is 13.6. The van der Waals surface area contributed by atoms with Crippen LogP contribution in [0.1, 0.15) is 13.3 Å². The van der Waals surface area contributed by atoms with Crippen LogP contribution in [0.15, 0.2) is 12.7 Å². The van der Waals surface area contributed by atoms with Crippen molar-refractivity contribution in [2.75, 3.05) is 26.4 Å². The third kappa shape index (κ3) is 8.96. The molecule has 0 aliphatic carbocycles. The van der Waals surface area contributed by atoms with E-state index in [9.17, 15) is 9.59 Å². The fraction of sp³-hybridized carbons (Fsp3) is 0.600. The summed E-state index contributed by atoms with van der Waals surface area (Å²) in [7, 11) is 0. The molecule has 0 heterocycles. The second-order valence-corrected chi connectivity index (χ2v) is 2.66. The van der Waals surface area contributed by atoms with E-state index < -0.39 is 0 Å². The van der Waals surface area contributed by atoms with Crippen LogP contribution in [0, 0.1) is 0 Å². The molecule has 0 bridgehead atoms. The van der Waals surface area contributed by atoms with Crippen molar-refractivity contribution in [1.29, 1.82) is 0 Å². The molecule has 0 aromatic rings. The minimum absolute atomic E-state index is 0.158. The maximum atomic E-state index is 11.0. The van der Waals surface area contributed by atoms with Crippen LogP contribution in [0.3, 0.4) is 0 Å². The highest BCUT2D eigenvalue weighted by Crippen LogP contribution is 1.86. The number of nitrogens with one attached hydrogen (secondary N) is 1. The molecule has 0 aromatic carbocycles. The minimum Gasteiger partial charge on any atom is -0.463 e. The lowest BCUT2D eigenvalue weighted by Crippen LogP contribution is -2.24. The molecule has 15 heavy (non-hydrogen) atoms. The van der Waals surface area contributed by atoms with Gasteiger partial charge in [-0.25, -0.2) is 0 Å². The Hall–Kier alpha value is -1.36. The monoisotopic (exact) mass is 215 g/mol. The molecular formula is C10H17NO4. The van der Waals surface area contributed by atoms with Gasteiger partial charge in [0.25, 0.3) is 0 Å². The van der Waals surface area contributed by atoms with Gasteiger partial charge in [-0.3, -0.25) is 9.59 Å². The van der Waals surface area contributed by atoms with E-state index in [-0.39, 0.29) is 31.4 Å². The van der Waals surface area contributed by atoms with Crippen molar-refractivity contribution < 1.29 is 19.1 Å². The lowest BCUT2D eigenvalue weighted by atomic mass is 10.4. The molecule has 5 nitrogen and oxygen atoms in total. The van der Waals surface area contributed by atoms with Crippen LogP contribution in [-0.2, 0) is 19.1 Å². The molecule has 0 saturated carbocycles. The zero-order valence-corrected chi connectivity index (χ0v) is 8.95. The molecule has 0 spiro atoms. The van der Waals surface area contributed by atoms with E-state index in [1.165, 1.54) is 0 Å².